The second-order valence-electron chi connectivity index (χ2n) is 5.81. The number of benzene rings is 2. The number of carbonyl (C=O) groups is 2. The number of hydrogen-bond acceptors (Lipinski definition) is 2. The molecule has 124 valence electrons. The van der Waals surface area contributed by atoms with Crippen molar-refractivity contribution in [1.29, 1.82) is 0 Å². The second kappa shape index (κ2) is 6.61. The standard InChI is InChI=1S/C18H16ClFN2O2/c1-10(11-5-6-16-12(7-11)8-17(23)22-16)21-18(24)9-13-14(19)3-2-4-15(13)20/h2-7,10H,8-9H2,1H3,(H,21,24)(H,22,23). The monoisotopic (exact) mass is 346 g/mol. The van der Waals surface area contributed by atoms with Gasteiger partial charge in [-0.15, -0.1) is 0 Å². The fraction of sp³-hybridized carbons (Fsp3) is 0.222. The maximum absolute atomic E-state index is 13.8. The molecule has 4 nitrogen and oxygen atoms in total. The van der Waals surface area contributed by atoms with E-state index in [0.29, 0.717) is 6.42 Å². The van der Waals surface area contributed by atoms with Crippen LogP contribution >= 0.6 is 11.6 Å². The Morgan fingerprint density at radius 3 is 2.92 bits per heavy atom. The van der Waals surface area contributed by atoms with Gasteiger partial charge in [-0.2, -0.15) is 0 Å². The highest BCUT2D eigenvalue weighted by molar-refractivity contribution is 6.31. The van der Waals surface area contributed by atoms with Crippen LogP contribution in [-0.2, 0) is 22.4 Å². The van der Waals surface area contributed by atoms with Crippen LogP contribution in [0.4, 0.5) is 10.1 Å². The summed E-state index contributed by atoms with van der Waals surface area (Å²) in [5, 5.41) is 5.83. The van der Waals surface area contributed by atoms with E-state index in [4.69, 9.17) is 11.6 Å². The molecule has 0 aromatic heterocycles. The molecule has 0 saturated carbocycles. The minimum Gasteiger partial charge on any atom is -0.349 e. The van der Waals surface area contributed by atoms with Gasteiger partial charge in [0.1, 0.15) is 5.82 Å². The first-order valence-corrected chi connectivity index (χ1v) is 7.97. The Morgan fingerprint density at radius 1 is 1.38 bits per heavy atom. The van der Waals surface area contributed by atoms with Gasteiger partial charge in [0, 0.05) is 16.3 Å². The third kappa shape index (κ3) is 3.41. The van der Waals surface area contributed by atoms with E-state index >= 15 is 0 Å². The number of amides is 2. The number of hydrogen-bond donors (Lipinski definition) is 2. The quantitative estimate of drug-likeness (QED) is 0.891. The van der Waals surface area contributed by atoms with E-state index in [1.165, 1.54) is 12.1 Å². The zero-order chi connectivity index (χ0) is 17.3. The van der Waals surface area contributed by atoms with Gasteiger partial charge in [0.25, 0.3) is 0 Å². The predicted octanol–water partition coefficient (Wildman–Crippen LogP) is 3.39. The predicted molar refractivity (Wildman–Crippen MR) is 90.4 cm³/mol. The highest BCUT2D eigenvalue weighted by atomic mass is 35.5. The van der Waals surface area contributed by atoms with Gasteiger partial charge in [-0.05, 0) is 36.2 Å². The maximum atomic E-state index is 13.8. The molecule has 0 aliphatic carbocycles. The van der Waals surface area contributed by atoms with Crippen molar-refractivity contribution in [3.05, 3.63) is 63.9 Å². The molecule has 0 fully saturated rings. The lowest BCUT2D eigenvalue weighted by molar-refractivity contribution is -0.121. The molecule has 2 N–H and O–H groups in total. The molecule has 2 aromatic carbocycles. The molecule has 2 amide bonds. The molecule has 1 unspecified atom stereocenters. The Bertz CT molecular complexity index is 802. The smallest absolute Gasteiger partial charge is 0.228 e. The van der Waals surface area contributed by atoms with E-state index in [1.807, 2.05) is 25.1 Å². The molecule has 1 atom stereocenters. The first-order valence-electron chi connectivity index (χ1n) is 7.59. The van der Waals surface area contributed by atoms with Gasteiger partial charge in [0.15, 0.2) is 0 Å². The van der Waals surface area contributed by atoms with Crippen LogP contribution in [0.25, 0.3) is 0 Å². The SMILES string of the molecule is CC(NC(=O)Cc1c(F)cccc1Cl)c1ccc2c(c1)CC(=O)N2. The molecule has 1 aliphatic heterocycles. The van der Waals surface area contributed by atoms with Crippen molar-refractivity contribution in [1.82, 2.24) is 5.32 Å². The van der Waals surface area contributed by atoms with Crippen molar-refractivity contribution >= 4 is 29.1 Å². The lowest BCUT2D eigenvalue weighted by Crippen LogP contribution is -2.28. The highest BCUT2D eigenvalue weighted by Gasteiger charge is 2.20. The van der Waals surface area contributed by atoms with Crippen LogP contribution < -0.4 is 10.6 Å². The fourth-order valence-electron chi connectivity index (χ4n) is 2.76. The van der Waals surface area contributed by atoms with Gasteiger partial charge in [-0.3, -0.25) is 9.59 Å². The molecule has 0 bridgehead atoms. The first-order chi connectivity index (χ1) is 11.4. The maximum Gasteiger partial charge on any atom is 0.228 e. The van der Waals surface area contributed by atoms with Crippen molar-refractivity contribution in [3.63, 3.8) is 0 Å². The fourth-order valence-corrected chi connectivity index (χ4v) is 2.99. The van der Waals surface area contributed by atoms with Gasteiger partial charge in [-0.1, -0.05) is 29.8 Å². The first kappa shape index (κ1) is 16.5. The Hall–Kier alpha value is -2.40. The average Bonchev–Trinajstić information content (AvgIpc) is 2.90. The largest absolute Gasteiger partial charge is 0.349 e. The lowest BCUT2D eigenvalue weighted by Gasteiger charge is -2.16. The van der Waals surface area contributed by atoms with Crippen LogP contribution in [0, 0.1) is 5.82 Å². The lowest BCUT2D eigenvalue weighted by atomic mass is 10.0. The number of fused-ring (bicyclic) bond motifs is 1. The van der Waals surface area contributed by atoms with Crippen LogP contribution in [0.3, 0.4) is 0 Å². The normalized spacial score (nSPS) is 14.0. The number of halogens is 2. The van der Waals surface area contributed by atoms with E-state index in [2.05, 4.69) is 10.6 Å². The van der Waals surface area contributed by atoms with Gasteiger partial charge >= 0.3 is 0 Å². The van der Waals surface area contributed by atoms with Crippen LogP contribution in [0.5, 0.6) is 0 Å². The van der Waals surface area contributed by atoms with Crippen molar-refractivity contribution in [2.24, 2.45) is 0 Å². The van der Waals surface area contributed by atoms with E-state index in [1.54, 1.807) is 6.07 Å². The summed E-state index contributed by atoms with van der Waals surface area (Å²) in [5.41, 5.74) is 2.79. The van der Waals surface area contributed by atoms with E-state index in [0.717, 1.165) is 16.8 Å². The Labute approximate surface area is 144 Å². The number of nitrogens with one attached hydrogen (secondary N) is 2. The molecule has 24 heavy (non-hydrogen) atoms. The molecule has 3 rings (SSSR count). The van der Waals surface area contributed by atoms with Gasteiger partial charge in [0.05, 0.1) is 18.9 Å². The molecule has 1 aliphatic rings. The third-order valence-corrected chi connectivity index (χ3v) is 4.39. The summed E-state index contributed by atoms with van der Waals surface area (Å²) < 4.78 is 13.8. The summed E-state index contributed by atoms with van der Waals surface area (Å²) >= 11 is 5.95. The van der Waals surface area contributed by atoms with Crippen molar-refractivity contribution in [2.45, 2.75) is 25.8 Å². The molecule has 6 heteroatoms. The van der Waals surface area contributed by atoms with E-state index < -0.39 is 5.82 Å². The van der Waals surface area contributed by atoms with E-state index in [9.17, 15) is 14.0 Å². The zero-order valence-corrected chi connectivity index (χ0v) is 13.8. The number of carbonyl (C=O) groups excluding carboxylic acids is 2. The van der Waals surface area contributed by atoms with Crippen LogP contribution in [0.15, 0.2) is 36.4 Å². The molecule has 0 spiro atoms. The van der Waals surface area contributed by atoms with Gasteiger partial charge in [-0.25, -0.2) is 4.39 Å². The summed E-state index contributed by atoms with van der Waals surface area (Å²) in [4.78, 5) is 23.6. The molecule has 1 heterocycles. The minimum atomic E-state index is -0.493. The molecular weight excluding hydrogens is 331 g/mol. The Balaban J connectivity index is 1.69. The van der Waals surface area contributed by atoms with Gasteiger partial charge < -0.3 is 10.6 Å². The summed E-state index contributed by atoms with van der Waals surface area (Å²) in [7, 11) is 0. The third-order valence-electron chi connectivity index (χ3n) is 4.03. The molecule has 0 radical (unpaired) electrons. The van der Waals surface area contributed by atoms with Crippen LogP contribution in [0.1, 0.15) is 29.7 Å². The molecule has 0 saturated heterocycles. The average molecular weight is 347 g/mol. The highest BCUT2D eigenvalue weighted by Crippen LogP contribution is 2.26. The van der Waals surface area contributed by atoms with Crippen molar-refractivity contribution in [2.75, 3.05) is 5.32 Å². The summed E-state index contributed by atoms with van der Waals surface area (Å²) in [6, 6.07) is 9.65. The summed E-state index contributed by atoms with van der Waals surface area (Å²) in [6.07, 6.45) is 0.218. The molecular formula is C18H16ClFN2O2. The Morgan fingerprint density at radius 2 is 2.17 bits per heavy atom. The van der Waals surface area contributed by atoms with Crippen molar-refractivity contribution < 1.29 is 14.0 Å². The topological polar surface area (TPSA) is 58.2 Å². The minimum absolute atomic E-state index is 0.0342. The second-order valence-corrected chi connectivity index (χ2v) is 6.21. The van der Waals surface area contributed by atoms with E-state index in [-0.39, 0.29) is 34.9 Å². The van der Waals surface area contributed by atoms with Crippen molar-refractivity contribution in [3.8, 4) is 0 Å². The van der Waals surface area contributed by atoms with Crippen LogP contribution in [-0.4, -0.2) is 11.8 Å². The van der Waals surface area contributed by atoms with Gasteiger partial charge in [0.2, 0.25) is 11.8 Å². The molecule has 2 aromatic rings. The van der Waals surface area contributed by atoms with Crippen LogP contribution in [0.2, 0.25) is 5.02 Å². The zero-order valence-electron chi connectivity index (χ0n) is 13.0. The summed E-state index contributed by atoms with van der Waals surface area (Å²) in [5.74, 6) is -0.843. The number of anilines is 1. The number of rotatable bonds is 4. The summed E-state index contributed by atoms with van der Waals surface area (Å²) in [6.45, 7) is 1.84. The Kier molecular flexibility index (Phi) is 4.53.